The number of aliphatic carboxylic acids is 3. The largest absolute Gasteiger partial charge is 6.00 e. The van der Waals surface area contributed by atoms with E-state index in [0.29, 0.717) is 16.2 Å². The van der Waals surface area contributed by atoms with E-state index in [1.54, 1.807) is 0 Å². The van der Waals surface area contributed by atoms with Gasteiger partial charge in [-0.3, -0.25) is 22.0 Å². The standard InChI is InChI=1S/3C10H20O2.3BO3.2Mo/c3*1-10(2,3)8-6-4-5-7-9(11)12;3*2-1(3)4;;/h3*4-8H2,1-3H3,(H,11,12);;;;;/q;;;3*-3;2*+6/p-3. The third-order valence-corrected chi connectivity index (χ3v) is 5.42. The summed E-state index contributed by atoms with van der Waals surface area (Å²) < 4.78 is 0. The van der Waals surface area contributed by atoms with Gasteiger partial charge >= 0.3 is 42.1 Å². The van der Waals surface area contributed by atoms with Gasteiger partial charge in [0.1, 0.15) is 0 Å². The van der Waals surface area contributed by atoms with Crippen LogP contribution in [-0.2, 0) is 56.5 Å². The predicted molar refractivity (Wildman–Crippen MR) is 160 cm³/mol. The van der Waals surface area contributed by atoms with Gasteiger partial charge in [-0.15, -0.1) is 0 Å². The van der Waals surface area contributed by atoms with Gasteiger partial charge in [0, 0.05) is 17.9 Å². The molecule has 0 aliphatic carbocycles. The van der Waals surface area contributed by atoms with Crippen molar-refractivity contribution in [2.45, 2.75) is 159 Å². The minimum atomic E-state index is -2.92. The number of carboxylic acids is 3. The first-order valence-corrected chi connectivity index (χ1v) is 16.0. The zero-order valence-electron chi connectivity index (χ0n) is 31.3. The molecule has 0 spiro atoms. The van der Waals surface area contributed by atoms with E-state index in [0.717, 1.165) is 57.8 Å². The third-order valence-electron chi connectivity index (χ3n) is 5.42. The van der Waals surface area contributed by atoms with Crippen LogP contribution in [0.5, 0.6) is 0 Å². The molecule has 0 aliphatic rings. The molecule has 0 saturated heterocycles. The van der Waals surface area contributed by atoms with E-state index in [1.165, 1.54) is 19.3 Å². The average Bonchev–Trinajstić information content (AvgIpc) is 2.80. The van der Waals surface area contributed by atoms with E-state index in [-0.39, 0.29) is 61.4 Å². The summed E-state index contributed by atoms with van der Waals surface area (Å²) in [5, 5.41) is 106. The van der Waals surface area contributed by atoms with Crippen molar-refractivity contribution in [2.24, 2.45) is 16.2 Å². The minimum absolute atomic E-state index is 0. The zero-order chi connectivity index (χ0) is 39.6. The molecule has 0 saturated carbocycles. The molecule has 0 fully saturated rings. The van der Waals surface area contributed by atoms with Gasteiger partial charge < -0.3 is 74.9 Å². The molecule has 0 N–H and O–H groups in total. The van der Waals surface area contributed by atoms with Crippen LogP contribution in [-0.4, -0.2) is 39.9 Å². The van der Waals surface area contributed by atoms with Gasteiger partial charge in [0.05, 0.1) is 0 Å². The smallest absolute Gasteiger partial charge is 0.907 e. The van der Waals surface area contributed by atoms with Gasteiger partial charge in [0.25, 0.3) is 0 Å². The second kappa shape index (κ2) is 43.0. The normalized spacial score (nSPS) is 9.96. The second-order valence-corrected chi connectivity index (χ2v) is 14.3. The van der Waals surface area contributed by atoms with E-state index in [4.69, 9.17) is 45.2 Å². The van der Waals surface area contributed by atoms with E-state index in [1.807, 2.05) is 0 Å². The van der Waals surface area contributed by atoms with Crippen LogP contribution in [0.15, 0.2) is 0 Å². The number of rotatable bonds is 15. The summed E-state index contributed by atoms with van der Waals surface area (Å²) in [6.07, 6.45) is 12.8. The molecule has 0 radical (unpaired) electrons. The Morgan fingerprint density at radius 1 is 0.360 bits per heavy atom. The Bertz CT molecular complexity index is 629. The van der Waals surface area contributed by atoms with Crippen LogP contribution in [0.25, 0.3) is 0 Å². The van der Waals surface area contributed by atoms with Gasteiger partial charge in [0.15, 0.2) is 0 Å². The third kappa shape index (κ3) is 146. The van der Waals surface area contributed by atoms with Crippen LogP contribution >= 0.6 is 0 Å². The fraction of sp³-hybridized carbons (Fsp3) is 0.900. The first kappa shape index (κ1) is 67.7. The van der Waals surface area contributed by atoms with Crippen molar-refractivity contribution in [3.8, 4) is 0 Å². The summed E-state index contributed by atoms with van der Waals surface area (Å²) in [6.45, 7) is 19.8. The van der Waals surface area contributed by atoms with Crippen LogP contribution in [0, 0.1) is 16.2 Å². The first-order chi connectivity index (χ1) is 21.4. The molecule has 50 heavy (non-hydrogen) atoms. The number of hydrogen-bond donors (Lipinski definition) is 0. The van der Waals surface area contributed by atoms with Crippen LogP contribution in [0.3, 0.4) is 0 Å². The summed E-state index contributed by atoms with van der Waals surface area (Å²) in [5.74, 6) is -2.78. The maximum absolute atomic E-state index is 10.0. The molecule has 0 aromatic heterocycles. The van der Waals surface area contributed by atoms with Crippen molar-refractivity contribution in [1.29, 1.82) is 0 Å². The van der Waals surface area contributed by atoms with E-state index in [2.05, 4.69) is 62.3 Å². The molecule has 0 unspecified atom stereocenters. The summed E-state index contributed by atoms with van der Waals surface area (Å²) in [5.41, 5.74) is 1.13. The van der Waals surface area contributed by atoms with Crippen molar-refractivity contribution in [1.82, 2.24) is 0 Å². The Kier molecular flexibility index (Phi) is 58.3. The fourth-order valence-corrected chi connectivity index (χ4v) is 3.30. The second-order valence-electron chi connectivity index (χ2n) is 14.3. The molecule has 0 aromatic carbocycles. The molecule has 0 heterocycles. The summed E-state index contributed by atoms with van der Waals surface area (Å²) in [7, 11) is -8.75. The summed E-state index contributed by atoms with van der Waals surface area (Å²) in [4.78, 5) is 30.1. The van der Waals surface area contributed by atoms with Crippen molar-refractivity contribution in [3.63, 3.8) is 0 Å². The Balaban J connectivity index is -0.0000000745. The van der Waals surface area contributed by atoms with Gasteiger partial charge in [0.2, 0.25) is 0 Å². The number of hydrogen-bond acceptors (Lipinski definition) is 15. The molecule has 0 rings (SSSR count). The quantitative estimate of drug-likeness (QED) is 0.109. The van der Waals surface area contributed by atoms with E-state index < -0.39 is 39.9 Å². The molecule has 0 aliphatic heterocycles. The van der Waals surface area contributed by atoms with Crippen LogP contribution in [0.1, 0.15) is 159 Å². The summed E-state index contributed by atoms with van der Waals surface area (Å²) >= 11 is 0. The van der Waals surface area contributed by atoms with Crippen LogP contribution in [0.2, 0.25) is 0 Å². The Hall–Kier alpha value is -0.379. The number of unbranched alkanes of at least 4 members (excludes halogenated alkanes) is 6. The van der Waals surface area contributed by atoms with Gasteiger partial charge in [-0.05, 0) is 74.0 Å². The molecule has 15 nitrogen and oxygen atoms in total. The number of carbonyl (C=O) groups is 3. The Morgan fingerprint density at radius 2 is 0.500 bits per heavy atom. The van der Waals surface area contributed by atoms with Gasteiger partial charge in [-0.25, -0.2) is 0 Å². The fourth-order valence-electron chi connectivity index (χ4n) is 3.30. The minimum Gasteiger partial charge on any atom is -0.907 e. The molecular weight excluding hydrogens is 825 g/mol. The van der Waals surface area contributed by atoms with Crippen molar-refractivity contribution < 1.29 is 117 Å². The molecule has 0 aromatic rings. The molecule has 0 atom stereocenters. The van der Waals surface area contributed by atoms with Gasteiger partial charge in [-0.2, -0.15) is 0 Å². The van der Waals surface area contributed by atoms with Crippen molar-refractivity contribution in [3.05, 3.63) is 0 Å². The van der Waals surface area contributed by atoms with Crippen LogP contribution in [0.4, 0.5) is 0 Å². The van der Waals surface area contributed by atoms with Gasteiger partial charge in [-0.1, -0.05) is 101 Å². The Morgan fingerprint density at radius 3 is 0.600 bits per heavy atom. The summed E-state index contributed by atoms with van der Waals surface area (Å²) in [6, 6.07) is 0. The van der Waals surface area contributed by atoms with Crippen LogP contribution < -0.4 is 60.5 Å². The molecular formula is C30H57B3Mo2O15. The molecule has 20 heteroatoms. The van der Waals surface area contributed by atoms with E-state index in [9.17, 15) is 29.7 Å². The topological polar surface area (TPSA) is 328 Å². The Labute approximate surface area is 330 Å². The van der Waals surface area contributed by atoms with Crippen molar-refractivity contribution >= 4 is 39.9 Å². The monoisotopic (exact) mass is 886 g/mol. The maximum Gasteiger partial charge on any atom is 6.00 e. The van der Waals surface area contributed by atoms with E-state index >= 15 is 0 Å². The van der Waals surface area contributed by atoms with Crippen molar-refractivity contribution in [2.75, 3.05) is 0 Å². The molecule has 288 valence electrons. The predicted octanol–water partition coefficient (Wildman–Crippen LogP) is -6.65. The number of carbonyl (C=O) groups excluding carboxylic acids is 3. The molecule has 0 bridgehead atoms. The number of carboxylic acid groups (broad SMARTS) is 3. The molecule has 0 amide bonds. The first-order valence-electron chi connectivity index (χ1n) is 16.0. The average molecular weight is 882 g/mol. The SMILES string of the molecule is CC(C)(C)CCCCCC(=O)[O-].CC(C)(C)CCCCCC(=O)[O-].CC(C)(C)CCCCCC(=O)[O-].[Mo+6].[Mo+6].[O-]B([O-])[O-].[O-]B([O-])[O-].[O-]B([O-])[O-]. The zero-order valence-corrected chi connectivity index (χ0v) is 35.3. The maximum atomic E-state index is 10.0.